The molecule has 0 aliphatic heterocycles. The van der Waals surface area contributed by atoms with E-state index in [-0.39, 0.29) is 10.9 Å². The van der Waals surface area contributed by atoms with E-state index in [4.69, 9.17) is 11.6 Å². The van der Waals surface area contributed by atoms with Crippen LogP contribution >= 0.6 is 11.6 Å². The van der Waals surface area contributed by atoms with Crippen LogP contribution in [0.1, 0.15) is 18.8 Å². The lowest BCUT2D eigenvalue weighted by molar-refractivity contribution is 0.602. The maximum Gasteiger partial charge on any atom is 0.175 e. The van der Waals surface area contributed by atoms with Crippen molar-refractivity contribution in [2.45, 2.75) is 17.9 Å². The number of anilines is 1. The number of nitrogens with zero attached hydrogens (tertiary/aromatic N) is 2. The first-order chi connectivity index (χ1) is 9.29. The molecular formula is C13H16ClN3O2S. The molecule has 1 N–H and O–H groups in total. The Hall–Kier alpha value is -1.53. The minimum atomic E-state index is -3.26. The third kappa shape index (κ3) is 3.13. The Morgan fingerprint density at radius 3 is 2.65 bits per heavy atom. The van der Waals surface area contributed by atoms with Gasteiger partial charge in [0.1, 0.15) is 5.82 Å². The summed E-state index contributed by atoms with van der Waals surface area (Å²) in [5.41, 5.74) is 0.574. The van der Waals surface area contributed by atoms with Gasteiger partial charge >= 0.3 is 0 Å². The molecule has 2 rings (SSSR count). The monoisotopic (exact) mass is 313 g/mol. The van der Waals surface area contributed by atoms with Crippen LogP contribution in [-0.4, -0.2) is 24.2 Å². The number of sulfone groups is 1. The summed E-state index contributed by atoms with van der Waals surface area (Å²) < 4.78 is 25.1. The molecule has 0 amide bonds. The van der Waals surface area contributed by atoms with Gasteiger partial charge in [0.2, 0.25) is 0 Å². The van der Waals surface area contributed by atoms with Crippen molar-refractivity contribution >= 4 is 27.1 Å². The Kier molecular flexibility index (Phi) is 4.06. The molecule has 0 aliphatic carbocycles. The molecule has 5 nitrogen and oxygen atoms in total. The van der Waals surface area contributed by atoms with Gasteiger partial charge in [-0.15, -0.1) is 0 Å². The standard InChI is InChI=1S/C13H16ClN3O2S/c1-9(13-15-6-7-17(13)2)16-12-8-10(20(3,18)19)4-5-11(12)14/h4-9,16H,1-3H3. The first-order valence-corrected chi connectivity index (χ1v) is 8.29. The van der Waals surface area contributed by atoms with Crippen molar-refractivity contribution in [2.24, 2.45) is 7.05 Å². The van der Waals surface area contributed by atoms with Crippen molar-refractivity contribution in [2.75, 3.05) is 11.6 Å². The molecule has 0 fully saturated rings. The lowest BCUT2D eigenvalue weighted by atomic mass is 10.2. The third-order valence-corrected chi connectivity index (χ3v) is 4.42. The third-order valence-electron chi connectivity index (χ3n) is 2.98. The van der Waals surface area contributed by atoms with Gasteiger partial charge in [0.25, 0.3) is 0 Å². The number of nitrogens with one attached hydrogen (secondary N) is 1. The first-order valence-electron chi connectivity index (χ1n) is 6.02. The molecule has 1 aromatic heterocycles. The maximum atomic E-state index is 11.6. The van der Waals surface area contributed by atoms with E-state index < -0.39 is 9.84 Å². The van der Waals surface area contributed by atoms with Crippen LogP contribution in [0.3, 0.4) is 0 Å². The number of aryl methyl sites for hydroxylation is 1. The van der Waals surface area contributed by atoms with E-state index in [0.29, 0.717) is 10.7 Å². The number of hydrogen-bond acceptors (Lipinski definition) is 4. The van der Waals surface area contributed by atoms with Gasteiger partial charge in [0, 0.05) is 25.7 Å². The molecule has 0 radical (unpaired) electrons. The van der Waals surface area contributed by atoms with Crippen molar-refractivity contribution in [1.29, 1.82) is 0 Å². The van der Waals surface area contributed by atoms with Crippen LogP contribution in [0.25, 0.3) is 0 Å². The van der Waals surface area contributed by atoms with Gasteiger partial charge in [-0.1, -0.05) is 11.6 Å². The molecule has 7 heteroatoms. The summed E-state index contributed by atoms with van der Waals surface area (Å²) in [6, 6.07) is 4.51. The highest BCUT2D eigenvalue weighted by Gasteiger charge is 2.14. The lowest BCUT2D eigenvalue weighted by Crippen LogP contribution is -2.12. The molecule has 20 heavy (non-hydrogen) atoms. The van der Waals surface area contributed by atoms with Crippen LogP contribution in [0.15, 0.2) is 35.5 Å². The molecule has 0 saturated heterocycles. The van der Waals surface area contributed by atoms with Crippen molar-refractivity contribution in [3.05, 3.63) is 41.4 Å². The SMILES string of the molecule is CC(Nc1cc(S(C)(=O)=O)ccc1Cl)c1nccn1C. The van der Waals surface area contributed by atoms with Crippen LogP contribution in [-0.2, 0) is 16.9 Å². The van der Waals surface area contributed by atoms with E-state index in [1.165, 1.54) is 18.4 Å². The van der Waals surface area contributed by atoms with Gasteiger partial charge < -0.3 is 9.88 Å². The second-order valence-electron chi connectivity index (χ2n) is 4.68. The smallest absolute Gasteiger partial charge is 0.175 e. The predicted molar refractivity (Wildman–Crippen MR) is 79.8 cm³/mol. The molecular weight excluding hydrogens is 298 g/mol. The molecule has 1 atom stereocenters. The zero-order valence-electron chi connectivity index (χ0n) is 11.5. The highest BCUT2D eigenvalue weighted by Crippen LogP contribution is 2.28. The summed E-state index contributed by atoms with van der Waals surface area (Å²) >= 11 is 6.11. The molecule has 0 spiro atoms. The fraction of sp³-hybridized carbons (Fsp3) is 0.308. The van der Waals surface area contributed by atoms with Crippen molar-refractivity contribution in [1.82, 2.24) is 9.55 Å². The van der Waals surface area contributed by atoms with E-state index in [0.717, 1.165) is 5.82 Å². The van der Waals surface area contributed by atoms with Crippen molar-refractivity contribution in [3.63, 3.8) is 0 Å². The van der Waals surface area contributed by atoms with Crippen LogP contribution in [0.2, 0.25) is 5.02 Å². The lowest BCUT2D eigenvalue weighted by Gasteiger charge is -2.16. The van der Waals surface area contributed by atoms with Gasteiger partial charge in [0.05, 0.1) is 21.6 Å². The second-order valence-corrected chi connectivity index (χ2v) is 7.10. The summed E-state index contributed by atoms with van der Waals surface area (Å²) in [5, 5.41) is 3.66. The number of rotatable bonds is 4. The Balaban J connectivity index is 2.32. The van der Waals surface area contributed by atoms with Crippen LogP contribution in [0.5, 0.6) is 0 Å². The van der Waals surface area contributed by atoms with Crippen LogP contribution in [0.4, 0.5) is 5.69 Å². The summed E-state index contributed by atoms with van der Waals surface area (Å²) in [6.45, 7) is 1.94. The number of halogens is 1. The van der Waals surface area contributed by atoms with Gasteiger partial charge in [-0.2, -0.15) is 0 Å². The normalized spacial score (nSPS) is 13.2. The number of benzene rings is 1. The Bertz CT molecular complexity index is 725. The minimum absolute atomic E-state index is 0.0951. The minimum Gasteiger partial charge on any atom is -0.374 e. The Labute approximate surface area is 123 Å². The topological polar surface area (TPSA) is 64.0 Å². The zero-order valence-corrected chi connectivity index (χ0v) is 13.0. The second kappa shape index (κ2) is 5.46. The van der Waals surface area contributed by atoms with E-state index in [1.54, 1.807) is 12.3 Å². The van der Waals surface area contributed by atoms with E-state index in [2.05, 4.69) is 10.3 Å². The van der Waals surface area contributed by atoms with Gasteiger partial charge in [0.15, 0.2) is 9.84 Å². The molecule has 1 heterocycles. The quantitative estimate of drug-likeness (QED) is 0.942. The van der Waals surface area contributed by atoms with Gasteiger partial charge in [-0.05, 0) is 25.1 Å². The summed E-state index contributed by atoms with van der Waals surface area (Å²) in [4.78, 5) is 4.48. The summed E-state index contributed by atoms with van der Waals surface area (Å²) in [7, 11) is -1.36. The molecule has 0 saturated carbocycles. The molecule has 0 bridgehead atoms. The van der Waals surface area contributed by atoms with E-state index in [9.17, 15) is 8.42 Å². The van der Waals surface area contributed by atoms with Crippen LogP contribution < -0.4 is 5.32 Å². The molecule has 2 aromatic rings. The fourth-order valence-corrected chi connectivity index (χ4v) is 2.76. The average molecular weight is 314 g/mol. The molecule has 1 aromatic carbocycles. The highest BCUT2D eigenvalue weighted by atomic mass is 35.5. The molecule has 0 aliphatic rings. The Morgan fingerprint density at radius 2 is 2.10 bits per heavy atom. The maximum absolute atomic E-state index is 11.6. The zero-order chi connectivity index (χ0) is 14.9. The predicted octanol–water partition coefficient (Wildman–Crippen LogP) is 2.65. The van der Waals surface area contributed by atoms with Gasteiger partial charge in [-0.25, -0.2) is 13.4 Å². The summed E-state index contributed by atoms with van der Waals surface area (Å²) in [5.74, 6) is 0.839. The fourth-order valence-electron chi connectivity index (χ4n) is 1.94. The Morgan fingerprint density at radius 1 is 1.40 bits per heavy atom. The number of hydrogen-bond donors (Lipinski definition) is 1. The number of aromatic nitrogens is 2. The number of imidazole rings is 1. The van der Waals surface area contributed by atoms with Gasteiger partial charge in [-0.3, -0.25) is 0 Å². The summed E-state index contributed by atoms with van der Waals surface area (Å²) in [6.07, 6.45) is 4.73. The first kappa shape index (κ1) is 14.9. The van der Waals surface area contributed by atoms with Crippen molar-refractivity contribution in [3.8, 4) is 0 Å². The molecule has 108 valence electrons. The van der Waals surface area contributed by atoms with E-state index >= 15 is 0 Å². The molecule has 1 unspecified atom stereocenters. The van der Waals surface area contributed by atoms with Crippen LogP contribution in [0, 0.1) is 0 Å². The highest BCUT2D eigenvalue weighted by molar-refractivity contribution is 7.90. The van der Waals surface area contributed by atoms with Crippen molar-refractivity contribution < 1.29 is 8.42 Å². The largest absolute Gasteiger partial charge is 0.374 e. The van der Waals surface area contributed by atoms with E-state index in [1.807, 2.05) is 24.7 Å². The average Bonchev–Trinajstić information content (AvgIpc) is 2.77.